The number of rotatable bonds is 8. The summed E-state index contributed by atoms with van der Waals surface area (Å²) in [5.41, 5.74) is 4.32. The van der Waals surface area contributed by atoms with Gasteiger partial charge in [0.05, 0.1) is 30.4 Å². The van der Waals surface area contributed by atoms with Crippen LogP contribution >= 0.6 is 23.1 Å². The zero-order valence-electron chi connectivity index (χ0n) is 16.2. The number of carbonyl (C=O) groups is 1. The van der Waals surface area contributed by atoms with E-state index in [-0.39, 0.29) is 12.5 Å². The van der Waals surface area contributed by atoms with E-state index in [1.54, 1.807) is 30.2 Å². The summed E-state index contributed by atoms with van der Waals surface area (Å²) in [6.07, 6.45) is 0. The van der Waals surface area contributed by atoms with Crippen LogP contribution in [0.5, 0.6) is 5.75 Å². The number of hydrogen-bond acceptors (Lipinski definition) is 7. The molecule has 0 atom stereocenters. The standard InChI is InChI=1S/C21H19N5O2S2/c1-28-16-8-6-14(7-9-16)20-24-19(25-26-20)10-22-21(27)17-4-2-3-5-18(17)30-12-15-11-29-13-23-15/h2-9,11,13H,10,12H2,1H3,(H,22,27)(H,24,25,26). The van der Waals surface area contributed by atoms with Crippen molar-refractivity contribution in [2.45, 2.75) is 17.2 Å². The Morgan fingerprint density at radius 3 is 2.80 bits per heavy atom. The van der Waals surface area contributed by atoms with Crippen molar-refractivity contribution in [2.24, 2.45) is 0 Å². The quantitative estimate of drug-likeness (QED) is 0.402. The Bertz CT molecular complexity index is 1110. The molecule has 0 aliphatic rings. The third-order valence-corrected chi connectivity index (χ3v) is 6.03. The van der Waals surface area contributed by atoms with Gasteiger partial charge in [-0.05, 0) is 36.4 Å². The normalized spacial score (nSPS) is 10.7. The second-order valence-corrected chi connectivity index (χ2v) is 8.02. The Morgan fingerprint density at radius 1 is 1.20 bits per heavy atom. The number of nitrogens with zero attached hydrogens (tertiary/aromatic N) is 3. The smallest absolute Gasteiger partial charge is 0.252 e. The molecule has 0 unspecified atom stereocenters. The number of aromatic nitrogens is 4. The van der Waals surface area contributed by atoms with E-state index in [9.17, 15) is 4.79 Å². The van der Waals surface area contributed by atoms with Crippen molar-refractivity contribution >= 4 is 29.0 Å². The lowest BCUT2D eigenvalue weighted by molar-refractivity contribution is 0.0947. The fourth-order valence-electron chi connectivity index (χ4n) is 2.74. The van der Waals surface area contributed by atoms with Crippen molar-refractivity contribution in [1.29, 1.82) is 0 Å². The van der Waals surface area contributed by atoms with Crippen molar-refractivity contribution in [2.75, 3.05) is 7.11 Å². The fourth-order valence-corrected chi connectivity index (χ4v) is 4.36. The van der Waals surface area contributed by atoms with E-state index in [1.165, 1.54) is 0 Å². The predicted octanol–water partition coefficient (Wildman–Crippen LogP) is 4.16. The zero-order valence-corrected chi connectivity index (χ0v) is 17.8. The number of nitrogens with one attached hydrogen (secondary N) is 2. The van der Waals surface area contributed by atoms with Gasteiger partial charge in [0.2, 0.25) is 0 Å². The number of hydrogen-bond donors (Lipinski definition) is 2. The number of amides is 1. The molecule has 0 aliphatic carbocycles. The average Bonchev–Trinajstić information content (AvgIpc) is 3.48. The molecule has 0 saturated heterocycles. The highest BCUT2D eigenvalue weighted by atomic mass is 32.2. The molecule has 152 valence electrons. The molecule has 0 spiro atoms. The molecule has 2 heterocycles. The molecular formula is C21H19N5O2S2. The maximum atomic E-state index is 12.7. The lowest BCUT2D eigenvalue weighted by atomic mass is 10.2. The summed E-state index contributed by atoms with van der Waals surface area (Å²) in [6, 6.07) is 15.0. The van der Waals surface area contributed by atoms with Crippen LogP contribution in [-0.2, 0) is 12.3 Å². The number of benzene rings is 2. The topological polar surface area (TPSA) is 92.8 Å². The minimum absolute atomic E-state index is 0.154. The first-order valence-electron chi connectivity index (χ1n) is 9.15. The van der Waals surface area contributed by atoms with Gasteiger partial charge in [-0.1, -0.05) is 12.1 Å². The van der Waals surface area contributed by atoms with E-state index in [1.807, 2.05) is 59.4 Å². The van der Waals surface area contributed by atoms with Gasteiger partial charge in [0, 0.05) is 21.6 Å². The third-order valence-electron chi connectivity index (χ3n) is 4.29. The average molecular weight is 438 g/mol. The molecule has 0 radical (unpaired) electrons. The second kappa shape index (κ2) is 9.55. The summed E-state index contributed by atoms with van der Waals surface area (Å²) in [5.74, 6) is 2.50. The molecule has 2 aromatic heterocycles. The summed E-state index contributed by atoms with van der Waals surface area (Å²) in [7, 11) is 1.62. The van der Waals surface area contributed by atoms with E-state index < -0.39 is 0 Å². The molecule has 7 nitrogen and oxygen atoms in total. The van der Waals surface area contributed by atoms with E-state index in [0.717, 1.165) is 27.7 Å². The molecule has 0 saturated carbocycles. The van der Waals surface area contributed by atoms with E-state index in [2.05, 4.69) is 25.5 Å². The number of ether oxygens (including phenoxy) is 1. The number of methoxy groups -OCH3 is 1. The highest BCUT2D eigenvalue weighted by Gasteiger charge is 2.13. The van der Waals surface area contributed by atoms with Crippen molar-refractivity contribution < 1.29 is 9.53 Å². The van der Waals surface area contributed by atoms with Gasteiger partial charge in [0.15, 0.2) is 5.82 Å². The highest BCUT2D eigenvalue weighted by molar-refractivity contribution is 7.98. The summed E-state index contributed by atoms with van der Waals surface area (Å²) in [6.45, 7) is 0.257. The highest BCUT2D eigenvalue weighted by Crippen LogP contribution is 2.26. The Balaban J connectivity index is 1.38. The van der Waals surface area contributed by atoms with Gasteiger partial charge in [-0.15, -0.1) is 23.1 Å². The van der Waals surface area contributed by atoms with Gasteiger partial charge < -0.3 is 10.1 Å². The van der Waals surface area contributed by atoms with Crippen LogP contribution in [0, 0.1) is 0 Å². The lowest BCUT2D eigenvalue weighted by Gasteiger charge is -2.08. The van der Waals surface area contributed by atoms with E-state index in [4.69, 9.17) is 4.74 Å². The van der Waals surface area contributed by atoms with Crippen LogP contribution in [-0.4, -0.2) is 33.2 Å². The maximum absolute atomic E-state index is 12.7. The number of aromatic amines is 1. The van der Waals surface area contributed by atoms with E-state index >= 15 is 0 Å². The molecule has 2 N–H and O–H groups in total. The zero-order chi connectivity index (χ0) is 20.8. The molecule has 1 amide bonds. The van der Waals surface area contributed by atoms with Crippen LogP contribution in [0.25, 0.3) is 11.4 Å². The van der Waals surface area contributed by atoms with Crippen molar-refractivity contribution in [3.63, 3.8) is 0 Å². The van der Waals surface area contributed by atoms with Crippen LogP contribution in [0.2, 0.25) is 0 Å². The van der Waals surface area contributed by atoms with Crippen molar-refractivity contribution in [1.82, 2.24) is 25.5 Å². The number of carbonyl (C=O) groups excluding carboxylic acids is 1. The SMILES string of the molecule is COc1ccc(-c2n[nH]c(CNC(=O)c3ccccc3SCc3cscn3)n2)cc1. The van der Waals surface area contributed by atoms with Crippen molar-refractivity contribution in [3.05, 3.63) is 76.5 Å². The van der Waals surface area contributed by atoms with Gasteiger partial charge in [0.1, 0.15) is 11.6 Å². The summed E-state index contributed by atoms with van der Waals surface area (Å²) in [5, 5.41) is 12.0. The first kappa shape index (κ1) is 20.1. The van der Waals surface area contributed by atoms with Gasteiger partial charge in [0.25, 0.3) is 5.91 Å². The number of thiazole rings is 1. The van der Waals surface area contributed by atoms with Crippen molar-refractivity contribution in [3.8, 4) is 17.1 Å². The van der Waals surface area contributed by atoms with E-state index in [0.29, 0.717) is 17.2 Å². The monoisotopic (exact) mass is 437 g/mol. The largest absolute Gasteiger partial charge is 0.497 e. The lowest BCUT2D eigenvalue weighted by Crippen LogP contribution is -2.24. The minimum Gasteiger partial charge on any atom is -0.497 e. The Labute approximate surface area is 181 Å². The van der Waals surface area contributed by atoms with Crippen LogP contribution in [0.15, 0.2) is 64.3 Å². The third kappa shape index (κ3) is 4.87. The molecule has 4 aromatic rings. The fraction of sp³-hybridized carbons (Fsp3) is 0.143. The number of thioether (sulfide) groups is 1. The number of H-pyrrole nitrogens is 1. The molecule has 30 heavy (non-hydrogen) atoms. The van der Waals surface area contributed by atoms with Gasteiger partial charge in [-0.2, -0.15) is 5.10 Å². The Kier molecular flexibility index (Phi) is 6.41. The van der Waals surface area contributed by atoms with Gasteiger partial charge in [-0.3, -0.25) is 9.89 Å². The maximum Gasteiger partial charge on any atom is 0.252 e. The Hall–Kier alpha value is -3.17. The molecule has 0 bridgehead atoms. The van der Waals surface area contributed by atoms with Crippen LogP contribution in [0.4, 0.5) is 0 Å². The van der Waals surface area contributed by atoms with Gasteiger partial charge in [-0.25, -0.2) is 9.97 Å². The summed E-state index contributed by atoms with van der Waals surface area (Å²) in [4.78, 5) is 22.4. The molecule has 2 aromatic carbocycles. The summed E-state index contributed by atoms with van der Waals surface area (Å²) < 4.78 is 5.16. The predicted molar refractivity (Wildman–Crippen MR) is 118 cm³/mol. The van der Waals surface area contributed by atoms with Gasteiger partial charge >= 0.3 is 0 Å². The van der Waals surface area contributed by atoms with Crippen LogP contribution in [0.3, 0.4) is 0 Å². The second-order valence-electron chi connectivity index (χ2n) is 6.28. The molecule has 0 aliphatic heterocycles. The minimum atomic E-state index is -0.154. The Morgan fingerprint density at radius 2 is 2.03 bits per heavy atom. The molecular weight excluding hydrogens is 418 g/mol. The summed E-state index contributed by atoms with van der Waals surface area (Å²) >= 11 is 3.16. The molecule has 0 fully saturated rings. The van der Waals surface area contributed by atoms with Crippen LogP contribution < -0.4 is 10.1 Å². The van der Waals surface area contributed by atoms with Crippen LogP contribution in [0.1, 0.15) is 21.9 Å². The molecule has 4 rings (SSSR count). The molecule has 9 heteroatoms. The first-order chi connectivity index (χ1) is 14.7. The first-order valence-corrected chi connectivity index (χ1v) is 11.1.